The number of hydrogen-bond donors (Lipinski definition) is 2. The van der Waals surface area contributed by atoms with Gasteiger partial charge in [-0.3, -0.25) is 0 Å². The average Bonchev–Trinajstić information content (AvgIpc) is 2.75. The molecule has 16 heavy (non-hydrogen) atoms. The molecule has 0 bridgehead atoms. The fourth-order valence-corrected chi connectivity index (χ4v) is 1.64. The lowest BCUT2D eigenvalue weighted by atomic mass is 10.2. The Balaban J connectivity index is 0.000000606. The highest BCUT2D eigenvalue weighted by atomic mass is 32.1. The zero-order valence-electron chi connectivity index (χ0n) is 9.68. The van der Waals surface area contributed by atoms with E-state index in [0.29, 0.717) is 6.54 Å². The normalized spacial score (nSPS) is 9.75. The monoisotopic (exact) mass is 238 g/mol. The summed E-state index contributed by atoms with van der Waals surface area (Å²) in [6, 6.07) is 8.13. The summed E-state index contributed by atoms with van der Waals surface area (Å²) in [7, 11) is 1.68. The van der Waals surface area contributed by atoms with E-state index in [1.165, 1.54) is 10.9 Å². The number of aromatic nitrogens is 1. The summed E-state index contributed by atoms with van der Waals surface area (Å²) in [5, 5.41) is 1.19. The molecule has 1 aromatic heterocycles. The van der Waals surface area contributed by atoms with Crippen molar-refractivity contribution in [2.24, 2.45) is 5.73 Å². The van der Waals surface area contributed by atoms with E-state index in [0.717, 1.165) is 12.3 Å². The summed E-state index contributed by atoms with van der Waals surface area (Å²) < 4.78 is 7.31. The van der Waals surface area contributed by atoms with Crippen LogP contribution in [0.15, 0.2) is 30.5 Å². The van der Waals surface area contributed by atoms with E-state index in [2.05, 4.69) is 35.5 Å². The predicted molar refractivity (Wildman–Crippen MR) is 72.5 cm³/mol. The van der Waals surface area contributed by atoms with E-state index in [1.807, 2.05) is 12.1 Å². The molecule has 0 unspecified atom stereocenters. The molecule has 0 aliphatic carbocycles. The van der Waals surface area contributed by atoms with Crippen LogP contribution in [0.4, 0.5) is 0 Å². The number of thiol groups is 1. The van der Waals surface area contributed by atoms with Crippen LogP contribution < -0.4 is 10.5 Å². The molecule has 0 radical (unpaired) electrons. The van der Waals surface area contributed by atoms with Crippen molar-refractivity contribution in [2.75, 3.05) is 19.9 Å². The average molecular weight is 238 g/mol. The highest BCUT2D eigenvalue weighted by Gasteiger charge is 2.00. The fourth-order valence-electron chi connectivity index (χ4n) is 1.64. The van der Waals surface area contributed by atoms with Crippen molar-refractivity contribution in [1.29, 1.82) is 0 Å². The molecule has 0 aliphatic heterocycles. The maximum absolute atomic E-state index is 5.52. The van der Waals surface area contributed by atoms with Crippen molar-refractivity contribution < 1.29 is 4.74 Å². The SMILES string of the molecule is COc1ccc2c(ccn2CCN)c1.CS. The number of nitrogens with zero attached hydrogens (tertiary/aromatic N) is 1. The van der Waals surface area contributed by atoms with Crippen molar-refractivity contribution in [2.45, 2.75) is 6.54 Å². The van der Waals surface area contributed by atoms with Gasteiger partial charge in [0.15, 0.2) is 0 Å². The van der Waals surface area contributed by atoms with Gasteiger partial charge in [-0.25, -0.2) is 0 Å². The van der Waals surface area contributed by atoms with E-state index in [1.54, 1.807) is 13.4 Å². The molecule has 0 fully saturated rings. The van der Waals surface area contributed by atoms with E-state index in [-0.39, 0.29) is 0 Å². The van der Waals surface area contributed by atoms with Gasteiger partial charge in [0.2, 0.25) is 0 Å². The number of benzene rings is 1. The van der Waals surface area contributed by atoms with Crippen molar-refractivity contribution in [3.05, 3.63) is 30.5 Å². The second kappa shape index (κ2) is 6.45. The summed E-state index contributed by atoms with van der Waals surface area (Å²) in [5.74, 6) is 0.892. The van der Waals surface area contributed by atoms with Crippen LogP contribution in [0, 0.1) is 0 Å². The first-order chi connectivity index (χ1) is 7.85. The third kappa shape index (κ3) is 2.71. The molecule has 1 aromatic carbocycles. The molecule has 0 spiro atoms. The molecule has 3 nitrogen and oxygen atoms in total. The summed E-state index contributed by atoms with van der Waals surface area (Å²) in [6.45, 7) is 1.52. The third-order valence-corrected chi connectivity index (χ3v) is 2.35. The molecule has 0 atom stereocenters. The van der Waals surface area contributed by atoms with Crippen molar-refractivity contribution in [3.63, 3.8) is 0 Å². The molecule has 0 saturated heterocycles. The molecular formula is C12H18N2OS. The van der Waals surface area contributed by atoms with Gasteiger partial charge in [-0.15, -0.1) is 0 Å². The first-order valence-electron chi connectivity index (χ1n) is 5.13. The Labute approximate surface area is 102 Å². The predicted octanol–water partition coefficient (Wildman–Crippen LogP) is 2.15. The Morgan fingerprint density at radius 2 is 2.06 bits per heavy atom. The van der Waals surface area contributed by atoms with Crippen molar-refractivity contribution >= 4 is 23.5 Å². The highest BCUT2D eigenvalue weighted by Crippen LogP contribution is 2.21. The topological polar surface area (TPSA) is 40.2 Å². The minimum atomic E-state index is 0.663. The number of hydrogen-bond acceptors (Lipinski definition) is 3. The molecule has 4 heteroatoms. The molecule has 2 rings (SSSR count). The van der Waals surface area contributed by atoms with E-state index in [4.69, 9.17) is 10.5 Å². The zero-order valence-corrected chi connectivity index (χ0v) is 10.6. The molecule has 0 saturated carbocycles. The minimum Gasteiger partial charge on any atom is -0.497 e. The second-order valence-electron chi connectivity index (χ2n) is 3.22. The Morgan fingerprint density at radius 3 is 2.69 bits per heavy atom. The lowest BCUT2D eigenvalue weighted by Gasteiger charge is -2.03. The fraction of sp³-hybridized carbons (Fsp3) is 0.333. The molecule has 1 heterocycles. The van der Waals surface area contributed by atoms with Gasteiger partial charge >= 0.3 is 0 Å². The van der Waals surface area contributed by atoms with Crippen LogP contribution in [0.3, 0.4) is 0 Å². The van der Waals surface area contributed by atoms with E-state index < -0.39 is 0 Å². The Bertz CT molecular complexity index is 440. The maximum Gasteiger partial charge on any atom is 0.119 e. The number of fused-ring (bicyclic) bond motifs is 1. The Kier molecular flexibility index (Phi) is 5.22. The lowest BCUT2D eigenvalue weighted by Crippen LogP contribution is -2.08. The van der Waals surface area contributed by atoms with E-state index in [9.17, 15) is 0 Å². The molecule has 2 aromatic rings. The summed E-state index contributed by atoms with van der Waals surface area (Å²) >= 11 is 3.53. The zero-order chi connectivity index (χ0) is 12.0. The van der Waals surface area contributed by atoms with Crippen LogP contribution in [-0.4, -0.2) is 24.5 Å². The second-order valence-corrected chi connectivity index (χ2v) is 3.22. The summed E-state index contributed by atoms with van der Waals surface area (Å²) in [6.07, 6.45) is 3.75. The largest absolute Gasteiger partial charge is 0.497 e. The third-order valence-electron chi connectivity index (χ3n) is 2.35. The molecular weight excluding hydrogens is 220 g/mol. The van der Waals surface area contributed by atoms with Crippen molar-refractivity contribution in [3.8, 4) is 5.75 Å². The summed E-state index contributed by atoms with van der Waals surface area (Å²) in [5.41, 5.74) is 6.73. The number of nitrogens with two attached hydrogens (primary N) is 1. The summed E-state index contributed by atoms with van der Waals surface area (Å²) in [4.78, 5) is 0. The first kappa shape index (κ1) is 12.9. The highest BCUT2D eigenvalue weighted by molar-refractivity contribution is 7.79. The van der Waals surface area contributed by atoms with Gasteiger partial charge < -0.3 is 15.0 Å². The maximum atomic E-state index is 5.52. The minimum absolute atomic E-state index is 0.663. The van der Waals surface area contributed by atoms with Gasteiger partial charge in [-0.05, 0) is 30.5 Å². The first-order valence-corrected chi connectivity index (χ1v) is 6.02. The number of methoxy groups -OCH3 is 1. The molecule has 0 aliphatic rings. The van der Waals surface area contributed by atoms with Crippen LogP contribution in [-0.2, 0) is 6.54 Å². The standard InChI is InChI=1S/C11H14N2O.CH4S/c1-14-10-2-3-11-9(8-10)4-6-13(11)7-5-12;1-2/h2-4,6,8H,5,7,12H2,1H3;2H,1H3. The molecule has 2 N–H and O–H groups in total. The molecule has 88 valence electrons. The quantitative estimate of drug-likeness (QED) is 0.804. The smallest absolute Gasteiger partial charge is 0.119 e. The van der Waals surface area contributed by atoms with Gasteiger partial charge in [0.1, 0.15) is 5.75 Å². The lowest BCUT2D eigenvalue weighted by molar-refractivity contribution is 0.415. The van der Waals surface area contributed by atoms with E-state index >= 15 is 0 Å². The van der Waals surface area contributed by atoms with Gasteiger partial charge in [-0.2, -0.15) is 12.6 Å². The van der Waals surface area contributed by atoms with Gasteiger partial charge in [0.05, 0.1) is 7.11 Å². The van der Waals surface area contributed by atoms with Crippen molar-refractivity contribution in [1.82, 2.24) is 4.57 Å². The van der Waals surface area contributed by atoms with Crippen LogP contribution in [0.2, 0.25) is 0 Å². The number of rotatable bonds is 3. The van der Waals surface area contributed by atoms with Gasteiger partial charge in [0.25, 0.3) is 0 Å². The van der Waals surface area contributed by atoms with Gasteiger partial charge in [0, 0.05) is 30.2 Å². The van der Waals surface area contributed by atoms with Crippen LogP contribution in [0.5, 0.6) is 5.75 Å². The Hall–Kier alpha value is -1.13. The van der Waals surface area contributed by atoms with Crippen LogP contribution in [0.25, 0.3) is 10.9 Å². The number of ether oxygens (including phenoxy) is 1. The Morgan fingerprint density at radius 1 is 1.31 bits per heavy atom. The van der Waals surface area contributed by atoms with Crippen LogP contribution in [0.1, 0.15) is 0 Å². The van der Waals surface area contributed by atoms with Crippen LogP contribution >= 0.6 is 12.6 Å². The van der Waals surface area contributed by atoms with Gasteiger partial charge in [-0.1, -0.05) is 0 Å². The molecule has 0 amide bonds.